The summed E-state index contributed by atoms with van der Waals surface area (Å²) in [5.41, 5.74) is 8.00. The molecule has 4 heteroatoms. The van der Waals surface area contributed by atoms with Gasteiger partial charge in [0.15, 0.2) is 0 Å². The van der Waals surface area contributed by atoms with E-state index in [1.54, 1.807) is 0 Å². The van der Waals surface area contributed by atoms with Gasteiger partial charge < -0.3 is 10.3 Å². The Morgan fingerprint density at radius 1 is 1.26 bits per heavy atom. The zero-order chi connectivity index (χ0) is 13.8. The van der Waals surface area contributed by atoms with Gasteiger partial charge >= 0.3 is 0 Å². The van der Waals surface area contributed by atoms with Crippen LogP contribution >= 0.6 is 0 Å². The van der Waals surface area contributed by atoms with Crippen molar-refractivity contribution in [3.8, 4) is 0 Å². The van der Waals surface area contributed by atoms with E-state index < -0.39 is 0 Å². The molecule has 0 saturated carbocycles. The van der Waals surface area contributed by atoms with Gasteiger partial charge in [0, 0.05) is 13.1 Å². The molecule has 0 radical (unpaired) electrons. The molecule has 0 spiro atoms. The van der Waals surface area contributed by atoms with Crippen LogP contribution in [0.25, 0.3) is 11.0 Å². The fourth-order valence-corrected chi connectivity index (χ4v) is 2.71. The highest BCUT2D eigenvalue weighted by Crippen LogP contribution is 2.24. The first kappa shape index (κ1) is 14.0. The topological polar surface area (TPSA) is 47.1 Å². The predicted molar refractivity (Wildman–Crippen MR) is 80.1 cm³/mol. The minimum Gasteiger partial charge on any atom is -0.329 e. The highest BCUT2D eigenvalue weighted by molar-refractivity contribution is 5.76. The average Bonchev–Trinajstić information content (AvgIpc) is 2.80. The van der Waals surface area contributed by atoms with E-state index in [4.69, 9.17) is 10.7 Å². The Hall–Kier alpha value is -1.39. The number of nitrogens with zero attached hydrogens (tertiary/aromatic N) is 3. The zero-order valence-corrected chi connectivity index (χ0v) is 12.1. The molecule has 0 aliphatic rings. The van der Waals surface area contributed by atoms with Crippen molar-refractivity contribution in [2.45, 2.75) is 33.4 Å². The Bertz CT molecular complexity index is 528. The van der Waals surface area contributed by atoms with Crippen LogP contribution in [0.5, 0.6) is 0 Å². The summed E-state index contributed by atoms with van der Waals surface area (Å²) >= 11 is 0. The smallest absolute Gasteiger partial charge is 0.127 e. The number of fused-ring (bicyclic) bond motifs is 1. The van der Waals surface area contributed by atoms with Crippen molar-refractivity contribution in [2.75, 3.05) is 19.6 Å². The molecule has 2 N–H and O–H groups in total. The van der Waals surface area contributed by atoms with E-state index in [0.717, 1.165) is 31.0 Å². The Morgan fingerprint density at radius 3 is 2.58 bits per heavy atom. The molecule has 1 heterocycles. The minimum atomic E-state index is 0.314. The molecule has 1 aromatic carbocycles. The maximum atomic E-state index is 5.76. The van der Waals surface area contributed by atoms with E-state index in [0.29, 0.717) is 12.6 Å². The van der Waals surface area contributed by atoms with Gasteiger partial charge in [-0.3, -0.25) is 4.90 Å². The van der Waals surface area contributed by atoms with E-state index in [2.05, 4.69) is 48.4 Å². The molecule has 1 aromatic heterocycles. The van der Waals surface area contributed by atoms with Gasteiger partial charge in [-0.25, -0.2) is 4.98 Å². The van der Waals surface area contributed by atoms with E-state index in [9.17, 15) is 0 Å². The molecule has 0 bridgehead atoms. The summed E-state index contributed by atoms with van der Waals surface area (Å²) in [5, 5.41) is 0. The Labute approximate surface area is 115 Å². The third-order valence-corrected chi connectivity index (χ3v) is 3.77. The largest absolute Gasteiger partial charge is 0.329 e. The van der Waals surface area contributed by atoms with Crippen LogP contribution in [0.2, 0.25) is 0 Å². The number of rotatable bonds is 6. The SMILES string of the molecule is CCN(CC)C(C)c1nc2ccccc2n1CCN. The van der Waals surface area contributed by atoms with E-state index in [1.807, 2.05) is 6.07 Å². The minimum absolute atomic E-state index is 0.314. The number of aromatic nitrogens is 2. The van der Waals surface area contributed by atoms with Crippen LogP contribution in [-0.4, -0.2) is 34.1 Å². The van der Waals surface area contributed by atoms with Gasteiger partial charge in [-0.15, -0.1) is 0 Å². The third kappa shape index (κ3) is 2.65. The highest BCUT2D eigenvalue weighted by atomic mass is 15.2. The second kappa shape index (κ2) is 6.17. The van der Waals surface area contributed by atoms with Gasteiger partial charge in [-0.1, -0.05) is 26.0 Å². The monoisotopic (exact) mass is 260 g/mol. The second-order valence-corrected chi connectivity index (χ2v) is 4.80. The third-order valence-electron chi connectivity index (χ3n) is 3.77. The first-order chi connectivity index (χ1) is 9.22. The molecular formula is C15H24N4. The maximum Gasteiger partial charge on any atom is 0.127 e. The highest BCUT2D eigenvalue weighted by Gasteiger charge is 2.19. The van der Waals surface area contributed by atoms with Crippen molar-refractivity contribution in [3.05, 3.63) is 30.1 Å². The average molecular weight is 260 g/mol. The Balaban J connectivity index is 2.49. The lowest BCUT2D eigenvalue weighted by molar-refractivity contribution is 0.222. The van der Waals surface area contributed by atoms with E-state index >= 15 is 0 Å². The molecule has 0 aliphatic heterocycles. The predicted octanol–water partition coefficient (Wildman–Crippen LogP) is 2.40. The lowest BCUT2D eigenvalue weighted by Crippen LogP contribution is -2.29. The molecule has 104 valence electrons. The second-order valence-electron chi connectivity index (χ2n) is 4.80. The molecule has 0 aliphatic carbocycles. The standard InChI is InChI=1S/C15H24N4/c1-4-18(5-2)12(3)15-17-13-8-6-7-9-14(13)19(15)11-10-16/h6-9,12H,4-5,10-11,16H2,1-3H3. The summed E-state index contributed by atoms with van der Waals surface area (Å²) in [5.74, 6) is 1.12. The van der Waals surface area contributed by atoms with E-state index in [-0.39, 0.29) is 0 Å². The van der Waals surface area contributed by atoms with Crippen LogP contribution in [-0.2, 0) is 6.54 Å². The number of benzene rings is 1. The van der Waals surface area contributed by atoms with Crippen molar-refractivity contribution in [1.82, 2.24) is 14.5 Å². The van der Waals surface area contributed by atoms with Gasteiger partial charge in [0.2, 0.25) is 0 Å². The number of hydrogen-bond acceptors (Lipinski definition) is 3. The van der Waals surface area contributed by atoms with Gasteiger partial charge in [-0.2, -0.15) is 0 Å². The summed E-state index contributed by atoms with van der Waals surface area (Å²) in [4.78, 5) is 7.22. The van der Waals surface area contributed by atoms with Crippen LogP contribution in [0.1, 0.15) is 32.6 Å². The van der Waals surface area contributed by atoms with E-state index in [1.165, 1.54) is 5.52 Å². The molecular weight excluding hydrogens is 236 g/mol. The fraction of sp³-hybridized carbons (Fsp3) is 0.533. The number of hydrogen-bond donors (Lipinski definition) is 1. The molecule has 0 fully saturated rings. The van der Waals surface area contributed by atoms with Gasteiger partial charge in [0.05, 0.1) is 17.1 Å². The van der Waals surface area contributed by atoms with Crippen LogP contribution in [0.4, 0.5) is 0 Å². The lowest BCUT2D eigenvalue weighted by Gasteiger charge is -2.26. The maximum absolute atomic E-state index is 5.76. The first-order valence-electron chi connectivity index (χ1n) is 7.12. The summed E-state index contributed by atoms with van der Waals surface area (Å²) in [6.45, 7) is 10.1. The van der Waals surface area contributed by atoms with Crippen LogP contribution < -0.4 is 5.73 Å². The molecule has 0 amide bonds. The van der Waals surface area contributed by atoms with Crippen molar-refractivity contribution in [1.29, 1.82) is 0 Å². The summed E-state index contributed by atoms with van der Waals surface area (Å²) in [6.07, 6.45) is 0. The van der Waals surface area contributed by atoms with Crippen molar-refractivity contribution in [2.24, 2.45) is 5.73 Å². The number of para-hydroxylation sites is 2. The molecule has 2 aromatic rings. The molecule has 1 atom stereocenters. The number of imidazole rings is 1. The Kier molecular flexibility index (Phi) is 4.56. The molecule has 4 nitrogen and oxygen atoms in total. The Morgan fingerprint density at radius 2 is 1.95 bits per heavy atom. The fourth-order valence-electron chi connectivity index (χ4n) is 2.71. The van der Waals surface area contributed by atoms with Crippen molar-refractivity contribution in [3.63, 3.8) is 0 Å². The quantitative estimate of drug-likeness (QED) is 0.867. The van der Waals surface area contributed by atoms with Gasteiger partial charge in [-0.05, 0) is 32.1 Å². The summed E-state index contributed by atoms with van der Waals surface area (Å²) in [6, 6.07) is 8.60. The van der Waals surface area contributed by atoms with Crippen LogP contribution in [0, 0.1) is 0 Å². The molecule has 2 rings (SSSR count). The zero-order valence-electron chi connectivity index (χ0n) is 12.1. The molecule has 1 unspecified atom stereocenters. The van der Waals surface area contributed by atoms with Crippen molar-refractivity contribution < 1.29 is 0 Å². The first-order valence-corrected chi connectivity index (χ1v) is 7.12. The van der Waals surface area contributed by atoms with Gasteiger partial charge in [0.1, 0.15) is 5.82 Å². The number of nitrogens with two attached hydrogens (primary N) is 1. The summed E-state index contributed by atoms with van der Waals surface area (Å²) in [7, 11) is 0. The van der Waals surface area contributed by atoms with Crippen molar-refractivity contribution >= 4 is 11.0 Å². The summed E-state index contributed by atoms with van der Waals surface area (Å²) < 4.78 is 2.26. The normalized spacial score (nSPS) is 13.3. The molecule has 0 saturated heterocycles. The molecule has 19 heavy (non-hydrogen) atoms. The van der Waals surface area contributed by atoms with Crippen LogP contribution in [0.15, 0.2) is 24.3 Å². The lowest BCUT2D eigenvalue weighted by atomic mass is 10.2. The van der Waals surface area contributed by atoms with Gasteiger partial charge in [0.25, 0.3) is 0 Å². The van der Waals surface area contributed by atoms with Crippen LogP contribution in [0.3, 0.4) is 0 Å².